The Bertz CT molecular complexity index is 774. The standard InChI is InChI=1S/C23H32N4O2/c1-24-14-10-23(11-15-24)22(29)26-12-5-8-20(26)21(28)27(23)19-9-13-25(17-19)16-18-6-3-2-4-7-18/h2-4,6-7,19-20H,5,8-17H2,1H3. The molecule has 4 saturated heterocycles. The van der Waals surface area contributed by atoms with Crippen LogP contribution >= 0.6 is 0 Å². The summed E-state index contributed by atoms with van der Waals surface area (Å²) >= 11 is 0. The number of rotatable bonds is 3. The zero-order valence-corrected chi connectivity index (χ0v) is 17.4. The number of piperidine rings is 1. The van der Waals surface area contributed by atoms with Crippen molar-refractivity contribution in [3.63, 3.8) is 0 Å². The molecule has 6 nitrogen and oxygen atoms in total. The highest BCUT2D eigenvalue weighted by Gasteiger charge is 2.59. The van der Waals surface area contributed by atoms with Crippen molar-refractivity contribution in [3.05, 3.63) is 35.9 Å². The van der Waals surface area contributed by atoms with Crippen molar-refractivity contribution in [2.24, 2.45) is 0 Å². The Morgan fingerprint density at radius 3 is 2.52 bits per heavy atom. The molecule has 6 heteroatoms. The highest BCUT2D eigenvalue weighted by molar-refractivity contribution is 6.00. The van der Waals surface area contributed by atoms with E-state index in [1.807, 2.05) is 11.0 Å². The van der Waals surface area contributed by atoms with Gasteiger partial charge in [-0.05, 0) is 44.7 Å². The molecule has 4 aliphatic heterocycles. The molecule has 4 heterocycles. The van der Waals surface area contributed by atoms with E-state index in [0.29, 0.717) is 0 Å². The number of amides is 2. The second kappa shape index (κ2) is 7.40. The van der Waals surface area contributed by atoms with Gasteiger partial charge in [-0.15, -0.1) is 0 Å². The van der Waals surface area contributed by atoms with Crippen molar-refractivity contribution in [3.8, 4) is 0 Å². The Morgan fingerprint density at radius 1 is 1.00 bits per heavy atom. The fourth-order valence-corrected chi connectivity index (χ4v) is 5.99. The third-order valence-corrected chi connectivity index (χ3v) is 7.57. The van der Waals surface area contributed by atoms with Crippen LogP contribution in [-0.2, 0) is 16.1 Å². The zero-order chi connectivity index (χ0) is 20.0. The molecule has 5 rings (SSSR count). The number of piperazine rings is 1. The maximum absolute atomic E-state index is 13.7. The number of hydrogen-bond donors (Lipinski definition) is 0. The van der Waals surface area contributed by atoms with Gasteiger partial charge in [0.05, 0.1) is 0 Å². The van der Waals surface area contributed by atoms with Gasteiger partial charge in [0.1, 0.15) is 11.6 Å². The predicted octanol–water partition coefficient (Wildman–Crippen LogP) is 1.56. The maximum Gasteiger partial charge on any atom is 0.249 e. The first-order chi connectivity index (χ1) is 14.1. The summed E-state index contributed by atoms with van der Waals surface area (Å²) in [6.07, 6.45) is 4.30. The number of fused-ring (bicyclic) bond motifs is 1. The Kier molecular flexibility index (Phi) is 4.87. The second-order valence-corrected chi connectivity index (χ2v) is 9.36. The van der Waals surface area contributed by atoms with Crippen LogP contribution in [0.4, 0.5) is 0 Å². The largest absolute Gasteiger partial charge is 0.329 e. The van der Waals surface area contributed by atoms with Gasteiger partial charge >= 0.3 is 0 Å². The van der Waals surface area contributed by atoms with E-state index in [0.717, 1.165) is 71.4 Å². The van der Waals surface area contributed by atoms with E-state index in [9.17, 15) is 9.59 Å². The number of likely N-dealkylation sites (tertiary alicyclic amines) is 2. The maximum atomic E-state index is 13.7. The van der Waals surface area contributed by atoms with Gasteiger partial charge in [-0.3, -0.25) is 14.5 Å². The van der Waals surface area contributed by atoms with E-state index < -0.39 is 5.54 Å². The number of carbonyl (C=O) groups is 2. The Hall–Kier alpha value is -1.92. The average Bonchev–Trinajstić information content (AvgIpc) is 3.39. The lowest BCUT2D eigenvalue weighted by Gasteiger charge is -2.55. The summed E-state index contributed by atoms with van der Waals surface area (Å²) < 4.78 is 0. The molecule has 0 radical (unpaired) electrons. The first-order valence-electron chi connectivity index (χ1n) is 11.2. The van der Waals surface area contributed by atoms with Crippen LogP contribution in [-0.4, -0.2) is 88.8 Å². The molecule has 156 valence electrons. The summed E-state index contributed by atoms with van der Waals surface area (Å²) in [5.74, 6) is 0.451. The van der Waals surface area contributed by atoms with Crippen LogP contribution < -0.4 is 0 Å². The van der Waals surface area contributed by atoms with Crippen LogP contribution in [0.2, 0.25) is 0 Å². The minimum absolute atomic E-state index is 0.154. The Morgan fingerprint density at radius 2 is 1.76 bits per heavy atom. The highest BCUT2D eigenvalue weighted by Crippen LogP contribution is 2.41. The molecule has 1 aromatic carbocycles. The van der Waals surface area contributed by atoms with Crippen LogP contribution in [0.1, 0.15) is 37.7 Å². The van der Waals surface area contributed by atoms with Gasteiger partial charge in [0, 0.05) is 45.3 Å². The number of carbonyl (C=O) groups excluding carboxylic acids is 2. The van der Waals surface area contributed by atoms with E-state index >= 15 is 0 Å². The summed E-state index contributed by atoms with van der Waals surface area (Å²) in [5.41, 5.74) is 0.697. The van der Waals surface area contributed by atoms with Crippen molar-refractivity contribution >= 4 is 11.8 Å². The molecule has 0 aliphatic carbocycles. The van der Waals surface area contributed by atoms with E-state index in [1.54, 1.807) is 0 Å². The van der Waals surface area contributed by atoms with E-state index in [4.69, 9.17) is 0 Å². The van der Waals surface area contributed by atoms with Gasteiger partial charge in [0.25, 0.3) is 0 Å². The van der Waals surface area contributed by atoms with Gasteiger partial charge < -0.3 is 14.7 Å². The molecule has 0 aromatic heterocycles. The third-order valence-electron chi connectivity index (χ3n) is 7.57. The van der Waals surface area contributed by atoms with Crippen LogP contribution in [0, 0.1) is 0 Å². The van der Waals surface area contributed by atoms with Crippen LogP contribution in [0.5, 0.6) is 0 Å². The molecule has 0 bridgehead atoms. The van der Waals surface area contributed by atoms with E-state index in [1.165, 1.54) is 5.56 Å². The molecule has 4 fully saturated rings. The highest BCUT2D eigenvalue weighted by atomic mass is 16.2. The summed E-state index contributed by atoms with van der Waals surface area (Å²) in [5, 5.41) is 0. The number of nitrogens with zero attached hydrogens (tertiary/aromatic N) is 4. The van der Waals surface area contributed by atoms with Gasteiger partial charge in [-0.1, -0.05) is 30.3 Å². The van der Waals surface area contributed by atoms with Crippen LogP contribution in [0.3, 0.4) is 0 Å². The summed E-state index contributed by atoms with van der Waals surface area (Å²) in [6.45, 7) is 5.30. The average molecular weight is 397 g/mol. The molecule has 1 aromatic rings. The molecule has 2 unspecified atom stereocenters. The Labute approximate surface area is 173 Å². The van der Waals surface area contributed by atoms with Gasteiger partial charge in [-0.2, -0.15) is 0 Å². The molecule has 2 amide bonds. The minimum Gasteiger partial charge on any atom is -0.329 e. The van der Waals surface area contributed by atoms with Crippen molar-refractivity contribution in [1.29, 1.82) is 0 Å². The predicted molar refractivity (Wildman–Crippen MR) is 111 cm³/mol. The smallest absolute Gasteiger partial charge is 0.249 e. The first kappa shape index (κ1) is 19.1. The van der Waals surface area contributed by atoms with Gasteiger partial charge in [-0.25, -0.2) is 0 Å². The summed E-state index contributed by atoms with van der Waals surface area (Å²) in [6, 6.07) is 10.5. The normalized spacial score (nSPS) is 30.4. The quantitative estimate of drug-likeness (QED) is 0.778. The van der Waals surface area contributed by atoms with Crippen molar-refractivity contribution in [1.82, 2.24) is 19.6 Å². The van der Waals surface area contributed by atoms with Gasteiger partial charge in [0.2, 0.25) is 11.8 Å². The monoisotopic (exact) mass is 396 g/mol. The van der Waals surface area contributed by atoms with Crippen LogP contribution in [0.15, 0.2) is 30.3 Å². The zero-order valence-electron chi connectivity index (χ0n) is 17.4. The van der Waals surface area contributed by atoms with E-state index in [2.05, 4.69) is 46.0 Å². The SMILES string of the molecule is CN1CCC2(CC1)C(=O)N1CCCC1C(=O)N2C1CCN(Cc2ccccc2)C1. The topological polar surface area (TPSA) is 47.1 Å². The Balaban J connectivity index is 1.40. The fourth-order valence-electron chi connectivity index (χ4n) is 5.99. The molecule has 4 aliphatic rings. The van der Waals surface area contributed by atoms with Gasteiger partial charge in [0.15, 0.2) is 0 Å². The first-order valence-corrected chi connectivity index (χ1v) is 11.2. The summed E-state index contributed by atoms with van der Waals surface area (Å²) in [7, 11) is 2.11. The second-order valence-electron chi connectivity index (χ2n) is 9.36. The molecular formula is C23H32N4O2. The van der Waals surface area contributed by atoms with Crippen molar-refractivity contribution in [2.75, 3.05) is 39.8 Å². The third kappa shape index (κ3) is 3.17. The lowest BCUT2D eigenvalue weighted by Crippen LogP contribution is -2.74. The van der Waals surface area contributed by atoms with Crippen molar-refractivity contribution < 1.29 is 9.59 Å². The number of benzene rings is 1. The van der Waals surface area contributed by atoms with Crippen LogP contribution in [0.25, 0.3) is 0 Å². The minimum atomic E-state index is -0.613. The molecule has 0 N–H and O–H groups in total. The summed E-state index contributed by atoms with van der Waals surface area (Å²) in [4.78, 5) is 36.1. The molecule has 0 saturated carbocycles. The molecule has 29 heavy (non-hydrogen) atoms. The molecule has 2 atom stereocenters. The van der Waals surface area contributed by atoms with E-state index in [-0.39, 0.29) is 23.9 Å². The fraction of sp³-hybridized carbons (Fsp3) is 0.652. The lowest BCUT2D eigenvalue weighted by atomic mass is 9.80. The number of hydrogen-bond acceptors (Lipinski definition) is 4. The van der Waals surface area contributed by atoms with Crippen molar-refractivity contribution in [2.45, 2.75) is 56.3 Å². The lowest BCUT2D eigenvalue weighted by molar-refractivity contribution is -0.175. The molecular weight excluding hydrogens is 364 g/mol. The molecule has 1 spiro atoms.